The lowest BCUT2D eigenvalue weighted by atomic mass is 10.1. The van der Waals surface area contributed by atoms with E-state index in [9.17, 15) is 43.2 Å². The van der Waals surface area contributed by atoms with Crippen LogP contribution < -0.4 is 0 Å². The Morgan fingerprint density at radius 3 is 0.778 bits per heavy atom. The first kappa shape index (κ1) is 102. The lowest BCUT2D eigenvalue weighted by Gasteiger charge is -2.21. The fourth-order valence-corrected chi connectivity index (χ4v) is 11.9. The van der Waals surface area contributed by atoms with Crippen LogP contribution in [0.15, 0.2) is 182 Å². The number of esters is 4. The molecule has 0 aliphatic rings. The van der Waals surface area contributed by atoms with Gasteiger partial charge in [0, 0.05) is 19.3 Å². The number of allylic oxidation sites excluding steroid dienone is 29. The summed E-state index contributed by atoms with van der Waals surface area (Å²) < 4.78 is 68.6. The van der Waals surface area contributed by atoms with Gasteiger partial charge in [-0.3, -0.25) is 37.3 Å². The Balaban J connectivity index is 5.47. The molecule has 0 aliphatic heterocycles. The zero-order valence-corrected chi connectivity index (χ0v) is 68.7. The van der Waals surface area contributed by atoms with Gasteiger partial charge >= 0.3 is 39.5 Å². The number of unbranched alkanes of at least 4 members (excludes halogenated alkanes) is 20. The lowest BCUT2D eigenvalue weighted by Crippen LogP contribution is -2.30. The van der Waals surface area contributed by atoms with Gasteiger partial charge in [-0.15, -0.1) is 0 Å². The highest BCUT2D eigenvalue weighted by Gasteiger charge is 2.30. The van der Waals surface area contributed by atoms with Gasteiger partial charge < -0.3 is 33.8 Å². The molecular weight excluding hydrogens is 1400 g/mol. The van der Waals surface area contributed by atoms with E-state index in [1.165, 1.54) is 0 Å². The number of hydrogen-bond acceptors (Lipinski definition) is 15. The second kappa shape index (κ2) is 79.3. The second-order valence-electron chi connectivity index (χ2n) is 26.6. The number of phosphoric acid groups is 2. The molecule has 0 heterocycles. The Kier molecular flexibility index (Phi) is 75.0. The summed E-state index contributed by atoms with van der Waals surface area (Å²) in [5, 5.41) is 10.7. The molecule has 0 saturated carbocycles. The summed E-state index contributed by atoms with van der Waals surface area (Å²) in [5.41, 5.74) is 0. The standard InChI is InChI=1S/C89H144O17P2/c1-5-9-13-17-21-25-29-33-37-40-41-44-47-50-54-58-62-66-70-74-87(92)100-79-84(105-88(93)75-71-67-63-59-55-51-45-36-32-28-24-20-16-12-8-4)81-103-107(95,96)101-77-83(90)78-102-108(97,98)104-82-85(106-89(94)76-72-68-64-60-56-52-48-43-39-35-31-27-23-19-15-11-7-3)80-99-86(91)73-69-65-61-57-53-49-46-42-38-34-30-26-22-18-14-10-6-2/h9-16,21-28,33-39,41,44-45,55,59,67,71,83-85,90H,5-8,17-20,29-32,40,42-43,46-54,56-58,60-66,68-70,72-82H2,1-4H3,(H,95,96)(H,97,98)/b13-9-,14-10-,15-11-,16-12-,25-21-,26-22-,27-23-,28-24-,37-33-,38-34-,39-35-,44-41-,45-36-,59-55-,71-67-. The molecule has 0 aliphatic carbocycles. The smallest absolute Gasteiger partial charge is 0.462 e. The average Bonchev–Trinajstić information content (AvgIpc) is 0.900. The maximum absolute atomic E-state index is 13.1. The summed E-state index contributed by atoms with van der Waals surface area (Å²) in [6.45, 7) is 4.27. The Hall–Kier alpha value is -5.84. The second-order valence-corrected chi connectivity index (χ2v) is 29.5. The van der Waals surface area contributed by atoms with Crippen LogP contribution in [0.1, 0.15) is 297 Å². The third-order valence-corrected chi connectivity index (χ3v) is 18.3. The van der Waals surface area contributed by atoms with E-state index in [0.717, 1.165) is 218 Å². The van der Waals surface area contributed by atoms with Crippen molar-refractivity contribution in [2.24, 2.45) is 0 Å². The molecule has 0 saturated heterocycles. The van der Waals surface area contributed by atoms with E-state index >= 15 is 0 Å². The van der Waals surface area contributed by atoms with Crippen LogP contribution in [0.3, 0.4) is 0 Å². The fourth-order valence-electron chi connectivity index (χ4n) is 10.3. The van der Waals surface area contributed by atoms with Crippen LogP contribution in [0, 0.1) is 0 Å². The van der Waals surface area contributed by atoms with Crippen LogP contribution >= 0.6 is 15.6 Å². The molecule has 612 valence electrons. The average molecular weight is 1550 g/mol. The number of carbonyl (C=O) groups is 4. The van der Waals surface area contributed by atoms with Gasteiger partial charge in [-0.05, 0) is 154 Å². The number of ether oxygens (including phenoxy) is 4. The topological polar surface area (TPSA) is 237 Å². The van der Waals surface area contributed by atoms with Crippen LogP contribution in [-0.2, 0) is 65.4 Å². The molecule has 0 rings (SSSR count). The summed E-state index contributed by atoms with van der Waals surface area (Å²) in [4.78, 5) is 73.1. The zero-order chi connectivity index (χ0) is 78.9. The van der Waals surface area contributed by atoms with Gasteiger partial charge in [-0.25, -0.2) is 9.13 Å². The van der Waals surface area contributed by atoms with Crippen molar-refractivity contribution >= 4 is 39.5 Å². The molecule has 0 amide bonds. The van der Waals surface area contributed by atoms with Gasteiger partial charge in [0.15, 0.2) is 12.2 Å². The number of aliphatic hydroxyl groups excluding tert-OH is 1. The summed E-state index contributed by atoms with van der Waals surface area (Å²) in [5.74, 6) is -2.37. The monoisotopic (exact) mass is 1550 g/mol. The van der Waals surface area contributed by atoms with E-state index in [2.05, 4.69) is 186 Å². The first-order valence-electron chi connectivity index (χ1n) is 41.0. The Morgan fingerprint density at radius 1 is 0.269 bits per heavy atom. The van der Waals surface area contributed by atoms with Gasteiger partial charge in [0.1, 0.15) is 19.3 Å². The quantitative estimate of drug-likeness (QED) is 0.0169. The van der Waals surface area contributed by atoms with E-state index in [4.69, 9.17) is 37.0 Å². The van der Waals surface area contributed by atoms with Crippen molar-refractivity contribution in [2.45, 2.75) is 316 Å². The maximum atomic E-state index is 13.1. The van der Waals surface area contributed by atoms with Gasteiger partial charge in [-0.1, -0.05) is 300 Å². The molecule has 0 fully saturated rings. The van der Waals surface area contributed by atoms with Crippen molar-refractivity contribution in [2.75, 3.05) is 39.6 Å². The first-order valence-corrected chi connectivity index (χ1v) is 44.0. The van der Waals surface area contributed by atoms with Gasteiger partial charge in [0.25, 0.3) is 0 Å². The first-order chi connectivity index (χ1) is 52.7. The molecular formula is C89H144O17P2. The molecule has 108 heavy (non-hydrogen) atoms. The van der Waals surface area contributed by atoms with Crippen molar-refractivity contribution in [3.8, 4) is 0 Å². The number of phosphoric ester groups is 2. The van der Waals surface area contributed by atoms with E-state index in [1.54, 1.807) is 12.2 Å². The van der Waals surface area contributed by atoms with Gasteiger partial charge in [0.2, 0.25) is 0 Å². The summed E-state index contributed by atoms with van der Waals surface area (Å²) in [6, 6.07) is 0. The van der Waals surface area contributed by atoms with Crippen LogP contribution in [0.2, 0.25) is 0 Å². The van der Waals surface area contributed by atoms with E-state index in [1.807, 2.05) is 12.2 Å². The molecule has 19 heteroatoms. The number of rotatable bonds is 75. The van der Waals surface area contributed by atoms with Crippen LogP contribution in [0.4, 0.5) is 0 Å². The molecule has 0 aromatic heterocycles. The minimum absolute atomic E-state index is 0.0726. The molecule has 0 radical (unpaired) electrons. The lowest BCUT2D eigenvalue weighted by molar-refractivity contribution is -0.161. The predicted octanol–water partition coefficient (Wildman–Crippen LogP) is 24.3. The molecule has 17 nitrogen and oxygen atoms in total. The molecule has 3 N–H and O–H groups in total. The van der Waals surface area contributed by atoms with Crippen molar-refractivity contribution in [3.05, 3.63) is 182 Å². The highest BCUT2D eigenvalue weighted by atomic mass is 31.2. The molecule has 0 spiro atoms. The highest BCUT2D eigenvalue weighted by molar-refractivity contribution is 7.47. The fraction of sp³-hybridized carbons (Fsp3) is 0.618. The molecule has 0 aromatic rings. The minimum atomic E-state index is -5.02. The molecule has 0 bridgehead atoms. The number of aliphatic hydroxyl groups is 1. The van der Waals surface area contributed by atoms with Crippen molar-refractivity contribution in [1.82, 2.24) is 0 Å². The zero-order valence-electron chi connectivity index (χ0n) is 66.9. The minimum Gasteiger partial charge on any atom is -0.462 e. The maximum Gasteiger partial charge on any atom is 0.472 e. The molecule has 5 unspecified atom stereocenters. The van der Waals surface area contributed by atoms with Crippen LogP contribution in [-0.4, -0.2) is 96.7 Å². The highest BCUT2D eigenvalue weighted by Crippen LogP contribution is 2.45. The normalized spacial score (nSPS) is 14.8. The van der Waals surface area contributed by atoms with Gasteiger partial charge in [-0.2, -0.15) is 0 Å². The summed E-state index contributed by atoms with van der Waals surface area (Å²) >= 11 is 0. The third kappa shape index (κ3) is 78.3. The Labute approximate surface area is 654 Å². The van der Waals surface area contributed by atoms with Crippen LogP contribution in [0.5, 0.6) is 0 Å². The number of carbonyl (C=O) groups excluding carboxylic acids is 4. The SMILES string of the molecule is CC/C=C\C/C=C\C/C=C\C/C=C\C/C=C\CC(=O)OC(COC(=O)CCCCCCCC/C=C\C/C=C\C/C=C\C/C=C\CC)COP(=O)(O)OCC(O)COP(=O)(O)OCC(COC(=O)CCCCCCCCC/C=C\C/C=C\C/C=C\CC)OC(=O)CCCCCCCCC/C=C\C/C=C\C/C=C\CC. The number of hydrogen-bond donors (Lipinski definition) is 3. The van der Waals surface area contributed by atoms with Crippen LogP contribution in [0.25, 0.3) is 0 Å². The summed E-state index contributed by atoms with van der Waals surface area (Å²) in [7, 11) is -10.0. The van der Waals surface area contributed by atoms with Crippen molar-refractivity contribution in [3.63, 3.8) is 0 Å². The molecule has 0 aromatic carbocycles. The third-order valence-electron chi connectivity index (χ3n) is 16.4. The predicted molar refractivity (Wildman–Crippen MR) is 445 cm³/mol. The van der Waals surface area contributed by atoms with E-state index < -0.39 is 97.5 Å². The Morgan fingerprint density at radius 2 is 0.491 bits per heavy atom. The van der Waals surface area contributed by atoms with E-state index in [-0.39, 0.29) is 25.7 Å². The Bertz CT molecular complexity index is 2760. The largest absolute Gasteiger partial charge is 0.472 e. The van der Waals surface area contributed by atoms with Crippen molar-refractivity contribution in [1.29, 1.82) is 0 Å². The summed E-state index contributed by atoms with van der Waals surface area (Å²) in [6.07, 6.45) is 96.1. The van der Waals surface area contributed by atoms with Gasteiger partial charge in [0.05, 0.1) is 32.8 Å². The van der Waals surface area contributed by atoms with Crippen molar-refractivity contribution < 1.29 is 80.2 Å². The van der Waals surface area contributed by atoms with E-state index in [0.29, 0.717) is 25.7 Å². The molecule has 5 atom stereocenters.